The van der Waals surface area contributed by atoms with E-state index in [1.54, 1.807) is 48.3 Å². The number of carbonyl (C=O) groups is 1. The topological polar surface area (TPSA) is 74.1 Å². The Morgan fingerprint density at radius 3 is 2.62 bits per heavy atom. The number of fused-ring (bicyclic) bond motifs is 1. The number of hydrogen-bond donors (Lipinski definition) is 0. The summed E-state index contributed by atoms with van der Waals surface area (Å²) in [6, 6.07) is 10.9. The number of methoxy groups -OCH3 is 1. The van der Waals surface area contributed by atoms with Gasteiger partial charge in [-0.3, -0.25) is 14.3 Å². The fraction of sp³-hybridized carbons (Fsp3) is 0.273. The van der Waals surface area contributed by atoms with Crippen LogP contribution >= 0.6 is 11.8 Å². The van der Waals surface area contributed by atoms with E-state index >= 15 is 0 Å². The van der Waals surface area contributed by atoms with Gasteiger partial charge < -0.3 is 4.74 Å². The Hall–Kier alpha value is -2.93. The Kier molecular flexibility index (Phi) is 5.76. The Morgan fingerprint density at radius 1 is 1.14 bits per heavy atom. The van der Waals surface area contributed by atoms with Crippen LogP contribution in [-0.2, 0) is 19.4 Å². The number of ketones is 1. The van der Waals surface area contributed by atoms with Crippen LogP contribution in [0.3, 0.4) is 0 Å². The average Bonchev–Trinajstić information content (AvgIpc) is 3.25. The van der Waals surface area contributed by atoms with Gasteiger partial charge in [0.25, 0.3) is 0 Å². The second-order valence-electron chi connectivity index (χ2n) is 6.86. The van der Waals surface area contributed by atoms with Gasteiger partial charge in [0.15, 0.2) is 5.78 Å². The number of benzene rings is 1. The lowest BCUT2D eigenvalue weighted by molar-refractivity contribution is 0.102. The third-order valence-corrected chi connectivity index (χ3v) is 6.06. The van der Waals surface area contributed by atoms with Crippen molar-refractivity contribution in [1.29, 1.82) is 0 Å². The van der Waals surface area contributed by atoms with Crippen molar-refractivity contribution in [3.8, 4) is 5.75 Å². The summed E-state index contributed by atoms with van der Waals surface area (Å²) in [6.07, 6.45) is 6.19. The lowest BCUT2D eigenvalue weighted by Gasteiger charge is -2.14. The molecule has 6 nitrogen and oxygen atoms in total. The van der Waals surface area contributed by atoms with E-state index < -0.39 is 0 Å². The lowest BCUT2D eigenvalue weighted by Crippen LogP contribution is -2.27. The summed E-state index contributed by atoms with van der Waals surface area (Å²) in [5.41, 5.74) is 3.53. The maximum absolute atomic E-state index is 12.7. The number of Topliss-reactive ketones (excluding diaryl/α,β-unsaturated/α-hetero) is 1. The molecule has 0 saturated carbocycles. The number of nitrogens with zero attached hydrogens (tertiary/aromatic N) is 3. The molecule has 0 amide bonds. The largest absolute Gasteiger partial charge is 0.497 e. The molecule has 0 atom stereocenters. The molecule has 2 heterocycles. The minimum atomic E-state index is -0.262. The highest BCUT2D eigenvalue weighted by Gasteiger charge is 2.22. The van der Waals surface area contributed by atoms with E-state index in [1.165, 1.54) is 11.8 Å². The summed E-state index contributed by atoms with van der Waals surface area (Å²) in [7, 11) is 1.59. The molecule has 1 aliphatic carbocycles. The van der Waals surface area contributed by atoms with Gasteiger partial charge in [0.05, 0.1) is 19.4 Å². The predicted octanol–water partition coefficient (Wildman–Crippen LogP) is 3.16. The zero-order chi connectivity index (χ0) is 20.2. The summed E-state index contributed by atoms with van der Waals surface area (Å²) in [6.45, 7) is 0.492. The summed E-state index contributed by atoms with van der Waals surface area (Å²) in [5, 5.41) is 0.690. The van der Waals surface area contributed by atoms with Gasteiger partial charge in [-0.1, -0.05) is 11.8 Å². The fourth-order valence-corrected chi connectivity index (χ4v) is 4.50. The first kappa shape index (κ1) is 19.4. The number of hydrogen-bond acceptors (Lipinski definition) is 6. The number of rotatable bonds is 7. The van der Waals surface area contributed by atoms with Crippen LogP contribution in [0.25, 0.3) is 0 Å². The number of aromatic nitrogens is 3. The van der Waals surface area contributed by atoms with Crippen molar-refractivity contribution in [1.82, 2.24) is 14.5 Å². The zero-order valence-corrected chi connectivity index (χ0v) is 16.9. The second kappa shape index (κ2) is 8.61. The van der Waals surface area contributed by atoms with Crippen LogP contribution in [0.2, 0.25) is 0 Å². The van der Waals surface area contributed by atoms with Crippen molar-refractivity contribution in [3.63, 3.8) is 0 Å². The molecular weight excluding hydrogens is 386 g/mol. The first-order valence-corrected chi connectivity index (χ1v) is 10.5. The van der Waals surface area contributed by atoms with Crippen molar-refractivity contribution in [2.75, 3.05) is 12.9 Å². The minimum Gasteiger partial charge on any atom is -0.497 e. The maximum Gasteiger partial charge on any atom is 0.349 e. The monoisotopic (exact) mass is 407 g/mol. The molecule has 4 rings (SSSR count). The SMILES string of the molecule is COc1ccc(C(=O)CSc2nc(=O)n(Cc3ccncc3)c3c2CCC3)cc1. The van der Waals surface area contributed by atoms with Crippen LogP contribution in [-0.4, -0.2) is 33.2 Å². The van der Waals surface area contributed by atoms with Crippen molar-refractivity contribution in [2.24, 2.45) is 0 Å². The highest BCUT2D eigenvalue weighted by atomic mass is 32.2. The molecule has 0 radical (unpaired) electrons. The van der Waals surface area contributed by atoms with E-state index in [2.05, 4.69) is 9.97 Å². The normalized spacial score (nSPS) is 12.6. The Bertz CT molecular complexity index is 1080. The maximum atomic E-state index is 12.7. The molecule has 0 spiro atoms. The van der Waals surface area contributed by atoms with Gasteiger partial charge in [-0.05, 0) is 61.2 Å². The number of carbonyl (C=O) groups excluding carboxylic acids is 1. The molecule has 0 fully saturated rings. The molecule has 1 aliphatic rings. The first-order chi connectivity index (χ1) is 14.2. The molecule has 7 heteroatoms. The standard InChI is InChI=1S/C22H21N3O3S/c1-28-17-7-5-16(6-8-17)20(26)14-29-21-18-3-2-4-19(18)25(22(27)24-21)13-15-9-11-23-12-10-15/h5-12H,2-4,13-14H2,1H3. The molecule has 2 aromatic heterocycles. The van der Waals surface area contributed by atoms with Gasteiger partial charge in [0, 0.05) is 29.2 Å². The molecule has 0 saturated heterocycles. The minimum absolute atomic E-state index is 0.00663. The van der Waals surface area contributed by atoms with E-state index in [4.69, 9.17) is 4.74 Å². The van der Waals surface area contributed by atoms with Gasteiger partial charge in [-0.25, -0.2) is 4.79 Å². The molecule has 0 aliphatic heterocycles. The Morgan fingerprint density at radius 2 is 1.90 bits per heavy atom. The van der Waals surface area contributed by atoms with Gasteiger partial charge >= 0.3 is 5.69 Å². The summed E-state index contributed by atoms with van der Waals surface area (Å²) < 4.78 is 6.89. The summed E-state index contributed by atoms with van der Waals surface area (Å²) in [5.74, 6) is 0.971. The molecule has 148 valence electrons. The molecule has 3 aromatic rings. The molecule has 0 N–H and O–H groups in total. The lowest BCUT2D eigenvalue weighted by atomic mass is 10.1. The molecule has 29 heavy (non-hydrogen) atoms. The number of thioether (sulfide) groups is 1. The van der Waals surface area contributed by atoms with Crippen LogP contribution in [0.5, 0.6) is 5.75 Å². The van der Waals surface area contributed by atoms with Gasteiger partial charge in [0.2, 0.25) is 0 Å². The average molecular weight is 407 g/mol. The van der Waals surface area contributed by atoms with Crippen LogP contribution in [0.15, 0.2) is 58.6 Å². The van der Waals surface area contributed by atoms with Crippen molar-refractivity contribution >= 4 is 17.5 Å². The van der Waals surface area contributed by atoms with Crippen molar-refractivity contribution < 1.29 is 9.53 Å². The second-order valence-corrected chi connectivity index (χ2v) is 7.82. The van der Waals surface area contributed by atoms with Gasteiger partial charge in [0.1, 0.15) is 10.8 Å². The summed E-state index contributed by atoms with van der Waals surface area (Å²) in [4.78, 5) is 33.6. The third kappa shape index (κ3) is 4.24. The van der Waals surface area contributed by atoms with Gasteiger partial charge in [-0.15, -0.1) is 0 Å². The van der Waals surface area contributed by atoms with Crippen LogP contribution < -0.4 is 10.4 Å². The van der Waals surface area contributed by atoms with Crippen LogP contribution in [0.1, 0.15) is 33.6 Å². The van der Waals surface area contributed by atoms with E-state index in [9.17, 15) is 9.59 Å². The molecule has 1 aromatic carbocycles. The Labute approximate surface area is 173 Å². The quantitative estimate of drug-likeness (QED) is 0.340. The van der Waals surface area contributed by atoms with E-state index in [1.807, 2.05) is 12.1 Å². The number of pyridine rings is 1. The highest BCUT2D eigenvalue weighted by Crippen LogP contribution is 2.30. The molecular formula is C22H21N3O3S. The number of ether oxygens (including phenoxy) is 1. The predicted molar refractivity (Wildman–Crippen MR) is 112 cm³/mol. The summed E-state index contributed by atoms with van der Waals surface area (Å²) >= 11 is 1.35. The fourth-order valence-electron chi connectivity index (χ4n) is 3.53. The smallest absolute Gasteiger partial charge is 0.349 e. The van der Waals surface area contributed by atoms with Crippen molar-refractivity contribution in [2.45, 2.75) is 30.8 Å². The third-order valence-electron chi connectivity index (χ3n) is 5.04. The van der Waals surface area contributed by atoms with Crippen LogP contribution in [0, 0.1) is 0 Å². The zero-order valence-electron chi connectivity index (χ0n) is 16.1. The van der Waals surface area contributed by atoms with Crippen molar-refractivity contribution in [3.05, 3.63) is 81.7 Å². The van der Waals surface area contributed by atoms with E-state index in [0.29, 0.717) is 22.9 Å². The molecule has 0 bridgehead atoms. The first-order valence-electron chi connectivity index (χ1n) is 9.47. The highest BCUT2D eigenvalue weighted by molar-refractivity contribution is 8.00. The Balaban J connectivity index is 1.54. The van der Waals surface area contributed by atoms with E-state index in [-0.39, 0.29) is 17.2 Å². The van der Waals surface area contributed by atoms with Crippen LogP contribution in [0.4, 0.5) is 0 Å². The molecule has 0 unspecified atom stereocenters. The van der Waals surface area contributed by atoms with Gasteiger partial charge in [-0.2, -0.15) is 4.98 Å². The van der Waals surface area contributed by atoms with E-state index in [0.717, 1.165) is 36.1 Å².